The van der Waals surface area contributed by atoms with E-state index in [1.807, 2.05) is 6.07 Å². The number of phenols is 1. The Bertz CT molecular complexity index is 1250. The smallest absolute Gasteiger partial charge is 0.255 e. The first-order chi connectivity index (χ1) is 16.3. The zero-order chi connectivity index (χ0) is 24.6. The molecule has 0 aromatic heterocycles. The van der Waals surface area contributed by atoms with Crippen LogP contribution in [0.15, 0.2) is 82.8 Å². The van der Waals surface area contributed by atoms with Gasteiger partial charge in [-0.3, -0.25) is 4.79 Å². The van der Waals surface area contributed by atoms with Crippen molar-refractivity contribution in [2.45, 2.75) is 11.4 Å². The zero-order valence-corrected chi connectivity index (χ0v) is 19.5. The summed E-state index contributed by atoms with van der Waals surface area (Å²) < 4.78 is 38.4. The molecule has 0 aliphatic carbocycles. The van der Waals surface area contributed by atoms with E-state index in [2.05, 4.69) is 10.5 Å². The quantitative estimate of drug-likeness (QED) is 0.338. The minimum atomic E-state index is -4.08. The van der Waals surface area contributed by atoms with E-state index in [0.717, 1.165) is 4.31 Å². The number of benzene rings is 3. The van der Waals surface area contributed by atoms with Crippen molar-refractivity contribution in [3.8, 4) is 17.2 Å². The molecule has 0 spiro atoms. The fourth-order valence-electron chi connectivity index (χ4n) is 3.07. The average molecular weight is 484 g/mol. The van der Waals surface area contributed by atoms with E-state index in [9.17, 15) is 18.3 Å². The molecule has 1 amide bonds. The monoisotopic (exact) mass is 483 g/mol. The second-order valence-electron chi connectivity index (χ2n) is 7.16. The lowest BCUT2D eigenvalue weighted by Crippen LogP contribution is -2.39. The number of nitrogens with one attached hydrogen (secondary N) is 1. The minimum absolute atomic E-state index is 0.0212. The molecule has 3 rings (SSSR count). The number of amides is 1. The number of phenolic OH excluding ortho intramolecular Hbond substituents is 1. The van der Waals surface area contributed by atoms with E-state index >= 15 is 0 Å². The highest BCUT2D eigenvalue weighted by Crippen LogP contribution is 2.31. The van der Waals surface area contributed by atoms with Crippen molar-refractivity contribution in [3.05, 3.63) is 83.9 Å². The van der Waals surface area contributed by atoms with E-state index in [0.29, 0.717) is 16.9 Å². The lowest BCUT2D eigenvalue weighted by molar-refractivity contribution is -0.121. The van der Waals surface area contributed by atoms with Crippen LogP contribution in [0.1, 0.15) is 11.1 Å². The van der Waals surface area contributed by atoms with Crippen LogP contribution in [0.5, 0.6) is 17.2 Å². The highest BCUT2D eigenvalue weighted by atomic mass is 32.2. The van der Waals surface area contributed by atoms with Crippen LogP contribution >= 0.6 is 0 Å². The molecule has 0 atom stereocenters. The van der Waals surface area contributed by atoms with E-state index in [-0.39, 0.29) is 22.9 Å². The first kappa shape index (κ1) is 24.7. The van der Waals surface area contributed by atoms with Crippen molar-refractivity contribution in [2.24, 2.45) is 5.10 Å². The van der Waals surface area contributed by atoms with Gasteiger partial charge in [0, 0.05) is 12.6 Å². The molecule has 9 nitrogen and oxygen atoms in total. The number of ether oxygens (including phenoxy) is 2. The average Bonchev–Trinajstić information content (AvgIpc) is 2.85. The molecule has 3 aromatic carbocycles. The van der Waals surface area contributed by atoms with Crippen LogP contribution in [0.2, 0.25) is 0 Å². The van der Waals surface area contributed by atoms with Crippen LogP contribution in [0.25, 0.3) is 0 Å². The Kier molecular flexibility index (Phi) is 8.23. The third-order valence-corrected chi connectivity index (χ3v) is 6.60. The Hall–Kier alpha value is -3.89. The molecule has 178 valence electrons. The molecule has 3 aromatic rings. The number of sulfonamides is 1. The number of carbonyl (C=O) groups excluding carboxylic acids is 1. The number of nitrogens with zero attached hydrogens (tertiary/aromatic N) is 2. The van der Waals surface area contributed by atoms with E-state index in [1.54, 1.807) is 36.4 Å². The van der Waals surface area contributed by atoms with Crippen LogP contribution in [-0.2, 0) is 21.4 Å². The zero-order valence-electron chi connectivity index (χ0n) is 18.7. The Morgan fingerprint density at radius 3 is 2.32 bits per heavy atom. The Balaban J connectivity index is 1.83. The van der Waals surface area contributed by atoms with Gasteiger partial charge < -0.3 is 14.6 Å². The summed E-state index contributed by atoms with van der Waals surface area (Å²) in [6, 6.07) is 19.4. The Morgan fingerprint density at radius 1 is 1.00 bits per heavy atom. The summed E-state index contributed by atoms with van der Waals surface area (Å²) in [6.45, 7) is -0.481. The molecule has 2 N–H and O–H groups in total. The number of rotatable bonds is 10. The van der Waals surface area contributed by atoms with Crippen molar-refractivity contribution in [3.63, 3.8) is 0 Å². The fourth-order valence-corrected chi connectivity index (χ4v) is 4.47. The SMILES string of the molecule is COc1ccc(S(=O)(=O)N(CC(=O)N/N=C/c2ccc(O)cc2)Cc2ccccc2)cc1OC. The molecule has 0 bridgehead atoms. The number of carbonyl (C=O) groups is 1. The van der Waals surface area contributed by atoms with Gasteiger partial charge in [-0.05, 0) is 47.5 Å². The molecule has 0 saturated heterocycles. The summed E-state index contributed by atoms with van der Waals surface area (Å²) in [4.78, 5) is 12.5. The maximum atomic E-state index is 13.5. The standard InChI is InChI=1S/C24H25N3O6S/c1-32-22-13-12-21(14-23(22)33-2)34(30,31)27(16-19-6-4-3-5-7-19)17-24(29)26-25-15-18-8-10-20(28)11-9-18/h3-15,28H,16-17H2,1-2H3,(H,26,29)/b25-15+. The van der Waals surface area contributed by atoms with Crippen LogP contribution < -0.4 is 14.9 Å². The van der Waals surface area contributed by atoms with Gasteiger partial charge in [-0.25, -0.2) is 13.8 Å². The summed E-state index contributed by atoms with van der Waals surface area (Å²) >= 11 is 0. The molecule has 0 fully saturated rings. The van der Waals surface area contributed by atoms with Gasteiger partial charge in [-0.2, -0.15) is 9.41 Å². The number of methoxy groups -OCH3 is 2. The highest BCUT2D eigenvalue weighted by molar-refractivity contribution is 7.89. The molecule has 34 heavy (non-hydrogen) atoms. The van der Waals surface area contributed by atoms with Crippen molar-refractivity contribution >= 4 is 22.1 Å². The molecule has 0 aliphatic rings. The maximum Gasteiger partial charge on any atom is 0.255 e. The molecule has 0 heterocycles. The third-order valence-electron chi connectivity index (χ3n) is 4.81. The van der Waals surface area contributed by atoms with Gasteiger partial charge in [0.2, 0.25) is 10.0 Å². The minimum Gasteiger partial charge on any atom is -0.508 e. The van der Waals surface area contributed by atoms with Gasteiger partial charge in [0.1, 0.15) is 5.75 Å². The second-order valence-corrected chi connectivity index (χ2v) is 9.10. The van der Waals surface area contributed by atoms with Crippen LogP contribution in [0, 0.1) is 0 Å². The van der Waals surface area contributed by atoms with Crippen molar-refractivity contribution < 1.29 is 27.8 Å². The molecule has 0 aliphatic heterocycles. The molecular formula is C24H25N3O6S. The highest BCUT2D eigenvalue weighted by Gasteiger charge is 2.28. The molecule has 10 heteroatoms. The molecular weight excluding hydrogens is 458 g/mol. The number of hydrogen-bond donors (Lipinski definition) is 2. The summed E-state index contributed by atoms with van der Waals surface area (Å²) in [6.07, 6.45) is 1.39. The Morgan fingerprint density at radius 2 is 1.68 bits per heavy atom. The van der Waals surface area contributed by atoms with Gasteiger partial charge in [0.15, 0.2) is 11.5 Å². The summed E-state index contributed by atoms with van der Waals surface area (Å²) in [5.41, 5.74) is 3.71. The summed E-state index contributed by atoms with van der Waals surface area (Å²) in [5, 5.41) is 13.2. The molecule has 0 saturated carbocycles. The predicted octanol–water partition coefficient (Wildman–Crippen LogP) is 2.75. The number of aromatic hydroxyl groups is 1. The van der Waals surface area contributed by atoms with Crippen LogP contribution in [-0.4, -0.2) is 50.7 Å². The predicted molar refractivity (Wildman–Crippen MR) is 127 cm³/mol. The third kappa shape index (κ3) is 6.33. The largest absolute Gasteiger partial charge is 0.508 e. The van der Waals surface area contributed by atoms with Crippen LogP contribution in [0.4, 0.5) is 0 Å². The van der Waals surface area contributed by atoms with Crippen molar-refractivity contribution in [2.75, 3.05) is 20.8 Å². The first-order valence-corrected chi connectivity index (χ1v) is 11.6. The summed E-state index contributed by atoms with van der Waals surface area (Å²) in [5.74, 6) is 0.136. The lowest BCUT2D eigenvalue weighted by atomic mass is 10.2. The van der Waals surface area contributed by atoms with Crippen molar-refractivity contribution in [1.82, 2.24) is 9.73 Å². The van der Waals surface area contributed by atoms with Crippen LogP contribution in [0.3, 0.4) is 0 Å². The van der Waals surface area contributed by atoms with E-state index < -0.39 is 22.5 Å². The number of hydrogen-bond acceptors (Lipinski definition) is 7. The topological polar surface area (TPSA) is 118 Å². The van der Waals surface area contributed by atoms with E-state index in [1.165, 1.54) is 50.8 Å². The lowest BCUT2D eigenvalue weighted by Gasteiger charge is -2.22. The van der Waals surface area contributed by atoms with Gasteiger partial charge in [-0.15, -0.1) is 0 Å². The van der Waals surface area contributed by atoms with Gasteiger partial charge in [-0.1, -0.05) is 30.3 Å². The molecule has 0 radical (unpaired) electrons. The molecule has 0 unspecified atom stereocenters. The normalized spacial score (nSPS) is 11.5. The second kappa shape index (κ2) is 11.3. The van der Waals surface area contributed by atoms with Gasteiger partial charge in [0.05, 0.1) is 31.9 Å². The number of hydrazone groups is 1. The maximum absolute atomic E-state index is 13.5. The Labute approximate surface area is 198 Å². The van der Waals surface area contributed by atoms with Gasteiger partial charge in [0.25, 0.3) is 5.91 Å². The van der Waals surface area contributed by atoms with Gasteiger partial charge >= 0.3 is 0 Å². The van der Waals surface area contributed by atoms with Crippen molar-refractivity contribution in [1.29, 1.82) is 0 Å². The fraction of sp³-hybridized carbons (Fsp3) is 0.167. The first-order valence-electron chi connectivity index (χ1n) is 10.2. The van der Waals surface area contributed by atoms with E-state index in [4.69, 9.17) is 9.47 Å². The summed E-state index contributed by atoms with van der Waals surface area (Å²) in [7, 11) is -1.21.